The van der Waals surface area contributed by atoms with Gasteiger partial charge >= 0.3 is 0 Å². The molecule has 146 valence electrons. The minimum atomic E-state index is -0.521. The highest BCUT2D eigenvalue weighted by atomic mass is 32.2. The van der Waals surface area contributed by atoms with E-state index < -0.39 is 5.82 Å². The number of para-hydroxylation sites is 1. The maximum absolute atomic E-state index is 14.4. The van der Waals surface area contributed by atoms with Crippen molar-refractivity contribution in [3.63, 3.8) is 0 Å². The van der Waals surface area contributed by atoms with Gasteiger partial charge in [0.2, 0.25) is 5.91 Å². The molecule has 0 unspecified atom stereocenters. The fourth-order valence-corrected chi connectivity index (χ4v) is 4.64. The van der Waals surface area contributed by atoms with Crippen molar-refractivity contribution in [2.24, 2.45) is 0 Å². The Balaban J connectivity index is 1.59. The van der Waals surface area contributed by atoms with Gasteiger partial charge in [-0.25, -0.2) is 9.37 Å². The molecule has 0 radical (unpaired) electrons. The predicted octanol–water partition coefficient (Wildman–Crippen LogP) is 2.97. The molecule has 2 aromatic heterocycles. The molecule has 1 N–H and O–H groups in total. The summed E-state index contributed by atoms with van der Waals surface area (Å²) in [5.74, 6) is -0.629. The van der Waals surface area contributed by atoms with Gasteiger partial charge in [-0.05, 0) is 36.4 Å². The number of thioether (sulfide) groups is 1. The van der Waals surface area contributed by atoms with E-state index in [2.05, 4.69) is 10.3 Å². The largest absolute Gasteiger partial charge is 0.376 e. The van der Waals surface area contributed by atoms with Gasteiger partial charge in [-0.2, -0.15) is 0 Å². The lowest BCUT2D eigenvalue weighted by molar-refractivity contribution is -0.119. The highest BCUT2D eigenvalue weighted by Gasteiger charge is 2.19. The van der Waals surface area contributed by atoms with Crippen LogP contribution < -0.4 is 10.9 Å². The molecule has 0 aliphatic carbocycles. The van der Waals surface area contributed by atoms with Gasteiger partial charge in [-0.15, -0.1) is 11.3 Å². The summed E-state index contributed by atoms with van der Waals surface area (Å²) >= 11 is 2.37. The van der Waals surface area contributed by atoms with Crippen LogP contribution in [0.2, 0.25) is 0 Å². The lowest BCUT2D eigenvalue weighted by Crippen LogP contribution is -2.33. The van der Waals surface area contributed by atoms with Gasteiger partial charge in [0, 0.05) is 13.2 Å². The summed E-state index contributed by atoms with van der Waals surface area (Å²) in [6, 6.07) is 7.79. The zero-order valence-corrected chi connectivity index (χ0v) is 16.5. The van der Waals surface area contributed by atoms with Crippen LogP contribution in [0.5, 0.6) is 0 Å². The van der Waals surface area contributed by atoms with E-state index in [-0.39, 0.29) is 34.2 Å². The monoisotopic (exact) mass is 419 g/mol. The van der Waals surface area contributed by atoms with Crippen LogP contribution in [0.4, 0.5) is 4.39 Å². The van der Waals surface area contributed by atoms with Gasteiger partial charge in [-0.3, -0.25) is 14.2 Å². The Kier molecular flexibility index (Phi) is 5.74. The van der Waals surface area contributed by atoms with E-state index in [1.165, 1.54) is 28.0 Å². The van der Waals surface area contributed by atoms with Gasteiger partial charge < -0.3 is 10.1 Å². The second-order valence-electron chi connectivity index (χ2n) is 6.35. The molecule has 3 aromatic rings. The Bertz CT molecular complexity index is 1060. The molecule has 0 spiro atoms. The third kappa shape index (κ3) is 3.96. The number of amides is 1. The Morgan fingerprint density at radius 2 is 2.25 bits per heavy atom. The number of aromatic nitrogens is 2. The third-order valence-electron chi connectivity index (χ3n) is 4.43. The lowest BCUT2D eigenvalue weighted by atomic mass is 10.2. The second kappa shape index (κ2) is 8.42. The lowest BCUT2D eigenvalue weighted by Gasteiger charge is -2.13. The summed E-state index contributed by atoms with van der Waals surface area (Å²) in [6.07, 6.45) is 2.01. The maximum atomic E-state index is 14.4. The number of nitrogens with one attached hydrogen (secondary N) is 1. The van der Waals surface area contributed by atoms with Crippen LogP contribution in [0, 0.1) is 5.82 Å². The molecule has 1 amide bonds. The van der Waals surface area contributed by atoms with E-state index in [4.69, 9.17) is 4.74 Å². The number of ether oxygens (including phenoxy) is 1. The predicted molar refractivity (Wildman–Crippen MR) is 108 cm³/mol. The van der Waals surface area contributed by atoms with Crippen molar-refractivity contribution in [3.05, 3.63) is 51.9 Å². The molecule has 6 nitrogen and oxygen atoms in total. The van der Waals surface area contributed by atoms with Crippen molar-refractivity contribution in [1.29, 1.82) is 0 Å². The van der Waals surface area contributed by atoms with Gasteiger partial charge in [0.25, 0.3) is 5.56 Å². The Labute approximate surface area is 168 Å². The van der Waals surface area contributed by atoms with Crippen molar-refractivity contribution in [3.8, 4) is 5.69 Å². The quantitative estimate of drug-likeness (QED) is 0.491. The molecule has 4 rings (SSSR count). The van der Waals surface area contributed by atoms with Crippen LogP contribution in [0.25, 0.3) is 15.9 Å². The molecule has 1 atom stereocenters. The summed E-state index contributed by atoms with van der Waals surface area (Å²) < 4.78 is 21.6. The highest BCUT2D eigenvalue weighted by Crippen LogP contribution is 2.24. The zero-order chi connectivity index (χ0) is 19.5. The molecule has 1 fully saturated rings. The van der Waals surface area contributed by atoms with Gasteiger partial charge in [0.15, 0.2) is 5.16 Å². The summed E-state index contributed by atoms with van der Waals surface area (Å²) in [7, 11) is 0. The molecule has 28 heavy (non-hydrogen) atoms. The first-order valence-electron chi connectivity index (χ1n) is 8.90. The Hall–Kier alpha value is -2.23. The van der Waals surface area contributed by atoms with Crippen LogP contribution in [-0.4, -0.2) is 40.5 Å². The number of rotatable bonds is 6. The second-order valence-corrected chi connectivity index (χ2v) is 8.21. The molecule has 0 saturated carbocycles. The fraction of sp³-hybridized carbons (Fsp3) is 0.316. The first-order chi connectivity index (χ1) is 13.6. The number of thiophene rings is 1. The number of nitrogens with zero attached hydrogens (tertiary/aromatic N) is 2. The Morgan fingerprint density at radius 1 is 1.39 bits per heavy atom. The van der Waals surface area contributed by atoms with Gasteiger partial charge in [-0.1, -0.05) is 23.9 Å². The van der Waals surface area contributed by atoms with Crippen LogP contribution >= 0.6 is 23.1 Å². The average Bonchev–Trinajstić information content (AvgIpc) is 3.37. The summed E-state index contributed by atoms with van der Waals surface area (Å²) in [5.41, 5.74) is 0.329. The minimum absolute atomic E-state index is 0.0610. The highest BCUT2D eigenvalue weighted by molar-refractivity contribution is 7.99. The number of carbonyl (C=O) groups excluding carboxylic acids is 1. The van der Waals surface area contributed by atoms with E-state index in [9.17, 15) is 14.0 Å². The molecular formula is C19H18FN3O3S2. The molecule has 9 heteroatoms. The van der Waals surface area contributed by atoms with Gasteiger partial charge in [0.1, 0.15) is 10.5 Å². The Morgan fingerprint density at radius 3 is 3.04 bits per heavy atom. The van der Waals surface area contributed by atoms with Crippen LogP contribution in [0.15, 0.2) is 45.7 Å². The molecular weight excluding hydrogens is 401 g/mol. The van der Waals surface area contributed by atoms with E-state index in [0.29, 0.717) is 16.8 Å². The number of fused-ring (bicyclic) bond motifs is 1. The first kappa shape index (κ1) is 19.1. The zero-order valence-electron chi connectivity index (χ0n) is 14.9. The van der Waals surface area contributed by atoms with Crippen LogP contribution in [0.1, 0.15) is 12.8 Å². The maximum Gasteiger partial charge on any atom is 0.276 e. The molecule has 3 heterocycles. The first-order valence-corrected chi connectivity index (χ1v) is 10.8. The molecule has 1 aromatic carbocycles. The van der Waals surface area contributed by atoms with Crippen molar-refractivity contribution in [1.82, 2.24) is 14.9 Å². The molecule has 1 aliphatic heterocycles. The minimum Gasteiger partial charge on any atom is -0.376 e. The summed E-state index contributed by atoms with van der Waals surface area (Å²) in [5, 5.41) is 4.90. The summed E-state index contributed by atoms with van der Waals surface area (Å²) in [6.45, 7) is 1.20. The normalized spacial score (nSPS) is 16.5. The SMILES string of the molecule is O=C(CSc1nc2ccsc2c(=O)n1-c1ccccc1F)NC[C@@H]1CCCO1. The molecule has 0 bridgehead atoms. The van der Waals surface area contributed by atoms with Crippen molar-refractivity contribution in [2.75, 3.05) is 18.9 Å². The van der Waals surface area contributed by atoms with E-state index in [0.717, 1.165) is 31.2 Å². The average molecular weight is 420 g/mol. The standard InChI is InChI=1S/C19H18FN3O3S2/c20-13-5-1-2-6-15(13)23-18(25)17-14(7-9-27-17)22-19(23)28-11-16(24)21-10-12-4-3-8-26-12/h1-2,5-7,9,12H,3-4,8,10-11H2,(H,21,24)/t12-/m0/s1. The van der Waals surface area contributed by atoms with Crippen LogP contribution in [-0.2, 0) is 9.53 Å². The van der Waals surface area contributed by atoms with Crippen molar-refractivity contribution >= 4 is 39.2 Å². The topological polar surface area (TPSA) is 73.2 Å². The van der Waals surface area contributed by atoms with E-state index in [1.807, 2.05) is 0 Å². The fourth-order valence-electron chi connectivity index (χ4n) is 3.05. The summed E-state index contributed by atoms with van der Waals surface area (Å²) in [4.78, 5) is 29.6. The van der Waals surface area contributed by atoms with Gasteiger partial charge in [0.05, 0.1) is 23.1 Å². The van der Waals surface area contributed by atoms with E-state index in [1.54, 1.807) is 23.6 Å². The molecule has 1 aliphatic rings. The van der Waals surface area contributed by atoms with E-state index >= 15 is 0 Å². The smallest absolute Gasteiger partial charge is 0.276 e. The number of benzene rings is 1. The third-order valence-corrected chi connectivity index (χ3v) is 6.26. The van der Waals surface area contributed by atoms with Crippen LogP contribution in [0.3, 0.4) is 0 Å². The number of hydrogen-bond acceptors (Lipinski definition) is 6. The number of hydrogen-bond donors (Lipinski definition) is 1. The number of carbonyl (C=O) groups is 1. The van der Waals surface area contributed by atoms with Crippen molar-refractivity contribution < 1.29 is 13.9 Å². The number of halogens is 1. The molecule has 1 saturated heterocycles. The van der Waals surface area contributed by atoms with Crippen molar-refractivity contribution in [2.45, 2.75) is 24.1 Å².